The maximum atomic E-state index is 9.39. The largest absolute Gasteiger partial charge is 0.488 e. The average Bonchev–Trinajstić information content (AvgIpc) is 2.54. The van der Waals surface area contributed by atoms with Gasteiger partial charge in [-0.3, -0.25) is 0 Å². The maximum absolute atomic E-state index is 9.39. The van der Waals surface area contributed by atoms with Gasteiger partial charge in [0.1, 0.15) is 0 Å². The van der Waals surface area contributed by atoms with Crippen LogP contribution in [0.15, 0.2) is 23.2 Å². The molecule has 0 aromatic rings. The highest BCUT2D eigenvalue weighted by atomic mass is 16.4. The third-order valence-electron chi connectivity index (χ3n) is 5.49. The molecule has 0 saturated carbocycles. The number of rotatable bonds is 10. The monoisotopic (exact) mass is 306 g/mol. The van der Waals surface area contributed by atoms with Gasteiger partial charge in [-0.15, -0.1) is 0 Å². The molecule has 0 saturated heterocycles. The molecule has 0 aromatic carbocycles. The molecule has 3 atom stereocenters. The molecule has 0 aliphatic heterocycles. The zero-order chi connectivity index (χ0) is 16.5. The molecule has 0 fully saturated rings. The van der Waals surface area contributed by atoms with E-state index in [-0.39, 0.29) is 0 Å². The van der Waals surface area contributed by atoms with Crippen molar-refractivity contribution in [3.63, 3.8) is 0 Å². The number of allylic oxidation sites excluding steroid dienone is 4. The van der Waals surface area contributed by atoms with E-state index in [4.69, 9.17) is 0 Å². The highest BCUT2D eigenvalue weighted by molar-refractivity contribution is 6.51. The second-order valence-corrected chi connectivity index (χ2v) is 7.04. The molecule has 0 amide bonds. The summed E-state index contributed by atoms with van der Waals surface area (Å²) in [5.74, 6) is 2.24. The standard InChI is InChI=1S/C19H35BO2/c1-5-15(4)8-9-16(6-2)10-11-18-14-19(20(21)22)13-12-17(18)7-3/h13-17,21-22H,5-12H2,1-4H3. The number of hydrogen-bond donors (Lipinski definition) is 2. The van der Waals surface area contributed by atoms with E-state index in [1.165, 1.54) is 37.7 Å². The molecule has 3 unspecified atom stereocenters. The zero-order valence-electron chi connectivity index (χ0n) is 15.0. The molecule has 0 aromatic heterocycles. The first-order valence-corrected chi connectivity index (χ1v) is 9.28. The summed E-state index contributed by atoms with van der Waals surface area (Å²) in [5.41, 5.74) is 2.11. The Morgan fingerprint density at radius 2 is 1.86 bits per heavy atom. The molecule has 1 rings (SSSR count). The highest BCUT2D eigenvalue weighted by Crippen LogP contribution is 2.32. The second kappa shape index (κ2) is 10.3. The lowest BCUT2D eigenvalue weighted by molar-refractivity contribution is 0.369. The third kappa shape index (κ3) is 6.30. The first-order chi connectivity index (χ1) is 10.5. The minimum atomic E-state index is -1.32. The van der Waals surface area contributed by atoms with Gasteiger partial charge in [-0.25, -0.2) is 0 Å². The van der Waals surface area contributed by atoms with E-state index in [2.05, 4.69) is 27.7 Å². The van der Waals surface area contributed by atoms with Crippen molar-refractivity contribution >= 4 is 7.12 Å². The van der Waals surface area contributed by atoms with Crippen LogP contribution in [-0.2, 0) is 0 Å². The summed E-state index contributed by atoms with van der Waals surface area (Å²) in [6, 6.07) is 0. The predicted octanol–water partition coefficient (Wildman–Crippen LogP) is 4.91. The summed E-state index contributed by atoms with van der Waals surface area (Å²) in [4.78, 5) is 0. The van der Waals surface area contributed by atoms with Crippen LogP contribution < -0.4 is 0 Å². The van der Waals surface area contributed by atoms with Gasteiger partial charge in [0.15, 0.2) is 0 Å². The second-order valence-electron chi connectivity index (χ2n) is 7.04. The van der Waals surface area contributed by atoms with Gasteiger partial charge < -0.3 is 10.0 Å². The minimum Gasteiger partial charge on any atom is -0.423 e. The van der Waals surface area contributed by atoms with Crippen LogP contribution in [0.2, 0.25) is 0 Å². The highest BCUT2D eigenvalue weighted by Gasteiger charge is 2.22. The van der Waals surface area contributed by atoms with E-state index >= 15 is 0 Å². The normalized spacial score (nSPS) is 21.1. The van der Waals surface area contributed by atoms with Crippen molar-refractivity contribution in [1.82, 2.24) is 0 Å². The molecule has 1 aliphatic rings. The Balaban J connectivity index is 2.56. The van der Waals surface area contributed by atoms with Gasteiger partial charge >= 0.3 is 7.12 Å². The molecule has 2 nitrogen and oxygen atoms in total. The first-order valence-electron chi connectivity index (χ1n) is 9.28. The van der Waals surface area contributed by atoms with Crippen LogP contribution in [0.1, 0.15) is 79.1 Å². The fraction of sp³-hybridized carbons (Fsp3) is 0.789. The molecule has 0 bridgehead atoms. The fourth-order valence-electron chi connectivity index (χ4n) is 3.35. The molecule has 126 valence electrons. The molecular weight excluding hydrogens is 271 g/mol. The Labute approximate surface area is 137 Å². The topological polar surface area (TPSA) is 40.5 Å². The zero-order valence-corrected chi connectivity index (χ0v) is 15.0. The Morgan fingerprint density at radius 1 is 1.14 bits per heavy atom. The van der Waals surface area contributed by atoms with Gasteiger partial charge in [0.25, 0.3) is 0 Å². The minimum absolute atomic E-state index is 0.592. The van der Waals surface area contributed by atoms with E-state index in [0.29, 0.717) is 11.4 Å². The van der Waals surface area contributed by atoms with E-state index in [9.17, 15) is 10.0 Å². The van der Waals surface area contributed by atoms with E-state index < -0.39 is 7.12 Å². The lowest BCUT2D eigenvalue weighted by Gasteiger charge is -2.25. The van der Waals surface area contributed by atoms with Gasteiger partial charge in [0.05, 0.1) is 0 Å². The molecule has 1 aliphatic carbocycles. The molecule has 3 heteroatoms. The molecule has 2 N–H and O–H groups in total. The van der Waals surface area contributed by atoms with Crippen molar-refractivity contribution in [2.45, 2.75) is 79.1 Å². The Bertz CT molecular complexity index is 374. The first kappa shape index (κ1) is 19.5. The lowest BCUT2D eigenvalue weighted by Crippen LogP contribution is -2.19. The van der Waals surface area contributed by atoms with Crippen LogP contribution >= 0.6 is 0 Å². The molecule has 0 radical (unpaired) electrons. The SMILES string of the molecule is CCC(C)CCC(CC)CCC1=CC(B(O)O)=CCC1CC. The maximum Gasteiger partial charge on any atom is 0.488 e. The molecular formula is C19H35BO2. The summed E-state index contributed by atoms with van der Waals surface area (Å²) in [6.07, 6.45) is 13.7. The van der Waals surface area contributed by atoms with E-state index in [1.807, 2.05) is 12.2 Å². The van der Waals surface area contributed by atoms with Crippen LogP contribution in [-0.4, -0.2) is 17.2 Å². The van der Waals surface area contributed by atoms with Crippen LogP contribution in [0.25, 0.3) is 0 Å². The Hall–Kier alpha value is -0.535. The van der Waals surface area contributed by atoms with Crippen LogP contribution in [0.5, 0.6) is 0 Å². The van der Waals surface area contributed by atoms with Crippen LogP contribution in [0.3, 0.4) is 0 Å². The average molecular weight is 306 g/mol. The lowest BCUT2D eigenvalue weighted by atomic mass is 9.71. The van der Waals surface area contributed by atoms with Crippen molar-refractivity contribution in [2.75, 3.05) is 0 Å². The third-order valence-corrected chi connectivity index (χ3v) is 5.49. The van der Waals surface area contributed by atoms with E-state index in [0.717, 1.165) is 31.1 Å². The van der Waals surface area contributed by atoms with Crippen molar-refractivity contribution in [2.24, 2.45) is 17.8 Å². The summed E-state index contributed by atoms with van der Waals surface area (Å²) < 4.78 is 0. The van der Waals surface area contributed by atoms with Crippen LogP contribution in [0.4, 0.5) is 0 Å². The van der Waals surface area contributed by atoms with Gasteiger partial charge in [0, 0.05) is 0 Å². The van der Waals surface area contributed by atoms with E-state index in [1.54, 1.807) is 0 Å². The smallest absolute Gasteiger partial charge is 0.423 e. The van der Waals surface area contributed by atoms with Gasteiger partial charge in [0.2, 0.25) is 0 Å². The summed E-state index contributed by atoms with van der Waals surface area (Å²) >= 11 is 0. The van der Waals surface area contributed by atoms with Gasteiger partial charge in [-0.2, -0.15) is 0 Å². The van der Waals surface area contributed by atoms with Gasteiger partial charge in [-0.05, 0) is 48.9 Å². The predicted molar refractivity (Wildman–Crippen MR) is 96.5 cm³/mol. The van der Waals surface area contributed by atoms with Crippen molar-refractivity contribution in [1.29, 1.82) is 0 Å². The molecule has 22 heavy (non-hydrogen) atoms. The summed E-state index contributed by atoms with van der Waals surface area (Å²) in [5, 5.41) is 18.8. The fourth-order valence-corrected chi connectivity index (χ4v) is 3.35. The molecule has 0 spiro atoms. The van der Waals surface area contributed by atoms with Gasteiger partial charge in [-0.1, -0.05) is 71.1 Å². The Kier molecular flexibility index (Phi) is 9.12. The van der Waals surface area contributed by atoms with Crippen molar-refractivity contribution in [3.05, 3.63) is 23.2 Å². The summed E-state index contributed by atoms with van der Waals surface area (Å²) in [7, 11) is -1.32. The van der Waals surface area contributed by atoms with Crippen molar-refractivity contribution in [3.8, 4) is 0 Å². The number of hydrogen-bond acceptors (Lipinski definition) is 2. The molecule has 0 heterocycles. The Morgan fingerprint density at radius 3 is 2.41 bits per heavy atom. The summed E-state index contributed by atoms with van der Waals surface area (Å²) in [6.45, 7) is 9.16. The van der Waals surface area contributed by atoms with Crippen molar-refractivity contribution < 1.29 is 10.0 Å². The quantitative estimate of drug-likeness (QED) is 0.563. The van der Waals surface area contributed by atoms with Crippen LogP contribution in [0, 0.1) is 17.8 Å².